The number of anilines is 1. The lowest BCUT2D eigenvalue weighted by atomic mass is 10.1. The monoisotopic (exact) mass is 436 g/mol. The number of thiazole rings is 1. The van der Waals surface area contributed by atoms with Gasteiger partial charge >= 0.3 is 0 Å². The first-order chi connectivity index (χ1) is 14.4. The molecule has 0 bridgehead atoms. The van der Waals surface area contributed by atoms with E-state index in [1.807, 2.05) is 13.0 Å². The third-order valence-electron chi connectivity index (χ3n) is 4.89. The molecule has 1 N–H and O–H groups in total. The summed E-state index contributed by atoms with van der Waals surface area (Å²) in [5.74, 6) is 1.36. The molecule has 154 valence electrons. The lowest BCUT2D eigenvalue weighted by Gasteiger charge is -2.06. The highest BCUT2D eigenvalue weighted by atomic mass is 32.2. The van der Waals surface area contributed by atoms with Crippen molar-refractivity contribution in [3.05, 3.63) is 64.8 Å². The Labute approximate surface area is 184 Å². The first kappa shape index (κ1) is 20.6. The lowest BCUT2D eigenvalue weighted by Crippen LogP contribution is -2.15. The van der Waals surface area contributed by atoms with Gasteiger partial charge < -0.3 is 5.32 Å². The van der Waals surface area contributed by atoms with E-state index in [2.05, 4.69) is 67.6 Å². The maximum Gasteiger partial charge on any atom is 0.226 e. The van der Waals surface area contributed by atoms with Crippen LogP contribution in [0.3, 0.4) is 0 Å². The van der Waals surface area contributed by atoms with Crippen LogP contribution in [0.1, 0.15) is 28.8 Å². The van der Waals surface area contributed by atoms with Gasteiger partial charge in [0, 0.05) is 23.1 Å². The van der Waals surface area contributed by atoms with E-state index in [9.17, 15) is 4.79 Å². The molecule has 0 saturated heterocycles. The number of rotatable bonds is 6. The number of amides is 1. The highest BCUT2D eigenvalue weighted by Gasteiger charge is 2.15. The summed E-state index contributed by atoms with van der Waals surface area (Å²) in [5.41, 5.74) is 5.49. The van der Waals surface area contributed by atoms with Gasteiger partial charge in [-0.2, -0.15) is 9.78 Å². The van der Waals surface area contributed by atoms with E-state index in [4.69, 9.17) is 4.98 Å². The maximum absolute atomic E-state index is 12.5. The Hall–Kier alpha value is -2.64. The summed E-state index contributed by atoms with van der Waals surface area (Å²) in [6.07, 6.45) is 0.432. The van der Waals surface area contributed by atoms with E-state index in [0.717, 1.165) is 26.8 Å². The van der Waals surface area contributed by atoms with Crippen molar-refractivity contribution in [3.8, 4) is 5.13 Å². The minimum atomic E-state index is -0.0245. The molecule has 0 fully saturated rings. The van der Waals surface area contributed by atoms with Crippen molar-refractivity contribution in [3.63, 3.8) is 0 Å². The molecule has 0 saturated carbocycles. The molecule has 0 radical (unpaired) electrons. The zero-order valence-corrected chi connectivity index (χ0v) is 19.2. The van der Waals surface area contributed by atoms with Gasteiger partial charge in [-0.1, -0.05) is 29.0 Å². The van der Waals surface area contributed by atoms with Crippen molar-refractivity contribution >= 4 is 45.0 Å². The number of carbonyl (C=O) groups excluding carboxylic acids is 1. The Morgan fingerprint density at radius 3 is 2.57 bits per heavy atom. The number of nitrogens with one attached hydrogen (secondary N) is 1. The average Bonchev–Trinajstić information content (AvgIpc) is 3.26. The van der Waals surface area contributed by atoms with Crippen LogP contribution in [-0.4, -0.2) is 26.4 Å². The summed E-state index contributed by atoms with van der Waals surface area (Å²) in [6, 6.07) is 14.5. The largest absolute Gasteiger partial charge is 0.310 e. The summed E-state index contributed by atoms with van der Waals surface area (Å²) in [4.78, 5) is 18.4. The Kier molecular flexibility index (Phi) is 5.92. The Morgan fingerprint density at radius 2 is 1.80 bits per heavy atom. The molecule has 2 aromatic carbocycles. The van der Waals surface area contributed by atoms with Gasteiger partial charge in [0.15, 0.2) is 0 Å². The van der Waals surface area contributed by atoms with Gasteiger partial charge in [0.05, 0.1) is 15.9 Å². The van der Waals surface area contributed by atoms with Crippen LogP contribution in [0.5, 0.6) is 0 Å². The van der Waals surface area contributed by atoms with Crippen LogP contribution in [0.4, 0.5) is 5.82 Å². The molecule has 30 heavy (non-hydrogen) atoms. The number of benzene rings is 2. The predicted molar refractivity (Wildman–Crippen MR) is 126 cm³/mol. The topological polar surface area (TPSA) is 59.8 Å². The Balaban J connectivity index is 1.46. The van der Waals surface area contributed by atoms with Gasteiger partial charge in [-0.15, -0.1) is 11.8 Å². The molecule has 2 heterocycles. The number of hydrogen-bond acceptors (Lipinski definition) is 5. The van der Waals surface area contributed by atoms with E-state index in [0.29, 0.717) is 12.2 Å². The fraction of sp³-hybridized carbons (Fsp3) is 0.261. The average molecular weight is 437 g/mol. The minimum absolute atomic E-state index is 0.0245. The fourth-order valence-electron chi connectivity index (χ4n) is 3.09. The number of fused-ring (bicyclic) bond motifs is 1. The Bertz CT molecular complexity index is 1170. The van der Waals surface area contributed by atoms with Gasteiger partial charge in [0.1, 0.15) is 5.82 Å². The number of aromatic nitrogens is 3. The molecule has 5 nitrogen and oxygen atoms in total. The van der Waals surface area contributed by atoms with Gasteiger partial charge in [-0.05, 0) is 63.1 Å². The van der Waals surface area contributed by atoms with Crippen LogP contribution in [0.25, 0.3) is 15.3 Å². The van der Waals surface area contributed by atoms with Gasteiger partial charge in [-0.25, -0.2) is 4.98 Å². The summed E-state index contributed by atoms with van der Waals surface area (Å²) in [7, 11) is 0. The lowest BCUT2D eigenvalue weighted by molar-refractivity contribution is -0.115. The molecule has 0 aliphatic heterocycles. The molecule has 1 amide bonds. The van der Waals surface area contributed by atoms with Crippen LogP contribution in [0.2, 0.25) is 0 Å². The number of thioether (sulfide) groups is 1. The van der Waals surface area contributed by atoms with E-state index in [1.54, 1.807) is 27.8 Å². The third-order valence-corrected chi connectivity index (χ3v) is 6.90. The standard InChI is InChI=1S/C23H24N4OS2/c1-14-5-7-18(8-6-14)29-10-9-22(28)25-21-13-17(4)26-27(21)23-24-19-11-15(2)16(3)12-20(19)30-23/h5-8,11-13H,9-10H2,1-4H3,(H,25,28). The highest BCUT2D eigenvalue weighted by molar-refractivity contribution is 7.99. The van der Waals surface area contributed by atoms with Gasteiger partial charge in [0.25, 0.3) is 0 Å². The van der Waals surface area contributed by atoms with Gasteiger partial charge in [0.2, 0.25) is 11.0 Å². The van der Waals surface area contributed by atoms with E-state index in [-0.39, 0.29) is 5.91 Å². The molecule has 0 aliphatic carbocycles. The second-order valence-electron chi connectivity index (χ2n) is 7.44. The quantitative estimate of drug-likeness (QED) is 0.386. The molecule has 0 aliphatic rings. The molecular formula is C23H24N4OS2. The van der Waals surface area contributed by atoms with Crippen LogP contribution >= 0.6 is 23.1 Å². The molecule has 7 heteroatoms. The van der Waals surface area contributed by atoms with E-state index in [1.165, 1.54) is 21.6 Å². The summed E-state index contributed by atoms with van der Waals surface area (Å²) in [5, 5.41) is 8.32. The van der Waals surface area contributed by atoms with Crippen LogP contribution in [0, 0.1) is 27.7 Å². The highest BCUT2D eigenvalue weighted by Crippen LogP contribution is 2.29. The van der Waals surface area contributed by atoms with Crippen molar-refractivity contribution in [2.75, 3.05) is 11.1 Å². The molecule has 0 spiro atoms. The summed E-state index contributed by atoms with van der Waals surface area (Å²) < 4.78 is 2.85. The Morgan fingerprint density at radius 1 is 1.07 bits per heavy atom. The predicted octanol–water partition coefficient (Wildman–Crippen LogP) is 5.84. The second-order valence-corrected chi connectivity index (χ2v) is 9.62. The van der Waals surface area contributed by atoms with Crippen LogP contribution < -0.4 is 5.32 Å². The van der Waals surface area contributed by atoms with E-state index >= 15 is 0 Å². The SMILES string of the molecule is Cc1ccc(SCCC(=O)Nc2cc(C)nn2-c2nc3cc(C)c(C)cc3s2)cc1. The smallest absolute Gasteiger partial charge is 0.226 e. The van der Waals surface area contributed by atoms with Crippen molar-refractivity contribution in [2.45, 2.75) is 39.0 Å². The fourth-order valence-corrected chi connectivity index (χ4v) is 4.96. The van der Waals surface area contributed by atoms with Crippen LogP contribution in [0.15, 0.2) is 47.4 Å². The molecule has 4 aromatic rings. The molecular weight excluding hydrogens is 412 g/mol. The van der Waals surface area contributed by atoms with Crippen molar-refractivity contribution in [2.24, 2.45) is 0 Å². The molecule has 0 unspecified atom stereocenters. The van der Waals surface area contributed by atoms with Crippen molar-refractivity contribution in [1.29, 1.82) is 0 Å². The first-order valence-electron chi connectivity index (χ1n) is 9.83. The number of hydrogen-bond donors (Lipinski definition) is 1. The number of carbonyl (C=O) groups is 1. The number of nitrogens with zero attached hydrogens (tertiary/aromatic N) is 3. The van der Waals surface area contributed by atoms with Crippen molar-refractivity contribution < 1.29 is 4.79 Å². The second kappa shape index (κ2) is 8.62. The summed E-state index contributed by atoms with van der Waals surface area (Å²) >= 11 is 3.26. The molecule has 2 aromatic heterocycles. The van der Waals surface area contributed by atoms with Gasteiger partial charge in [-0.3, -0.25) is 4.79 Å². The van der Waals surface area contributed by atoms with Crippen LogP contribution in [-0.2, 0) is 4.79 Å². The normalized spacial score (nSPS) is 11.2. The minimum Gasteiger partial charge on any atom is -0.310 e. The third kappa shape index (κ3) is 4.57. The van der Waals surface area contributed by atoms with Crippen molar-refractivity contribution in [1.82, 2.24) is 14.8 Å². The zero-order chi connectivity index (χ0) is 21.3. The number of aryl methyl sites for hydroxylation is 4. The first-order valence-corrected chi connectivity index (χ1v) is 11.6. The summed E-state index contributed by atoms with van der Waals surface area (Å²) in [6.45, 7) is 8.18. The van der Waals surface area contributed by atoms with E-state index < -0.39 is 0 Å². The zero-order valence-electron chi connectivity index (χ0n) is 17.5. The molecule has 0 atom stereocenters. The molecule has 4 rings (SSSR count). The maximum atomic E-state index is 12.5.